The van der Waals surface area contributed by atoms with Crippen LogP contribution in [0.2, 0.25) is 5.02 Å². The molecule has 0 aliphatic rings. The summed E-state index contributed by atoms with van der Waals surface area (Å²) in [5.74, 6) is -0.0406. The molecule has 7 nitrogen and oxygen atoms in total. The molecule has 0 saturated heterocycles. The summed E-state index contributed by atoms with van der Waals surface area (Å²) in [6.07, 6.45) is 1.12. The summed E-state index contributed by atoms with van der Waals surface area (Å²) >= 11 is 5.96. The van der Waals surface area contributed by atoms with E-state index in [1.165, 1.54) is 12.3 Å². The van der Waals surface area contributed by atoms with Gasteiger partial charge >= 0.3 is 6.09 Å². The molecule has 140 valence electrons. The Hall–Kier alpha value is -3.13. The van der Waals surface area contributed by atoms with Gasteiger partial charge in [0.1, 0.15) is 0 Å². The van der Waals surface area contributed by atoms with Crippen LogP contribution in [0.25, 0.3) is 22.4 Å². The lowest BCUT2D eigenvalue weighted by atomic mass is 10.0. The normalized spacial score (nSPS) is 10.6. The molecular weight excluding hydrogens is 373 g/mol. The molecule has 2 aromatic heterocycles. The van der Waals surface area contributed by atoms with E-state index in [1.54, 1.807) is 18.2 Å². The lowest BCUT2D eigenvalue weighted by Crippen LogP contribution is -2.15. The Balaban J connectivity index is 1.89. The van der Waals surface area contributed by atoms with E-state index < -0.39 is 12.0 Å². The van der Waals surface area contributed by atoms with Gasteiger partial charge in [0.15, 0.2) is 5.82 Å². The summed E-state index contributed by atoms with van der Waals surface area (Å²) in [4.78, 5) is 14.2. The molecule has 0 saturated carbocycles. The van der Waals surface area contributed by atoms with Crippen LogP contribution in [0.4, 0.5) is 15.0 Å². The molecule has 0 aliphatic carbocycles. The Labute approximate surface area is 159 Å². The van der Waals surface area contributed by atoms with Gasteiger partial charge in [-0.05, 0) is 30.2 Å². The fourth-order valence-electron chi connectivity index (χ4n) is 2.59. The maximum Gasteiger partial charge on any atom is 0.404 e. The van der Waals surface area contributed by atoms with Crippen LogP contribution < -0.4 is 11.1 Å². The van der Waals surface area contributed by atoms with Gasteiger partial charge in [0, 0.05) is 29.4 Å². The Morgan fingerprint density at radius 3 is 2.74 bits per heavy atom. The number of nitrogens with two attached hydrogens (primary N) is 1. The largest absolute Gasteiger partial charge is 0.450 e. The minimum atomic E-state index is -0.812. The molecule has 9 heteroatoms. The summed E-state index contributed by atoms with van der Waals surface area (Å²) in [6.45, 7) is 0.675. The second-order valence-corrected chi connectivity index (χ2v) is 6.08. The Morgan fingerprint density at radius 1 is 1.26 bits per heavy atom. The molecule has 0 aliphatic heterocycles. The number of hydrogen-bond acceptors (Lipinski definition) is 5. The van der Waals surface area contributed by atoms with Crippen molar-refractivity contribution < 1.29 is 13.9 Å². The van der Waals surface area contributed by atoms with E-state index in [1.807, 2.05) is 12.1 Å². The number of anilines is 1. The topological polar surface area (TPSA) is 106 Å². The molecule has 0 fully saturated rings. The van der Waals surface area contributed by atoms with Crippen molar-refractivity contribution in [1.29, 1.82) is 0 Å². The average Bonchev–Trinajstić information content (AvgIpc) is 3.05. The van der Waals surface area contributed by atoms with Crippen LogP contribution in [0.15, 0.2) is 42.6 Å². The van der Waals surface area contributed by atoms with E-state index in [-0.39, 0.29) is 6.61 Å². The van der Waals surface area contributed by atoms with Gasteiger partial charge in [-0.15, -0.1) is 0 Å². The number of rotatable bonds is 7. The van der Waals surface area contributed by atoms with Crippen molar-refractivity contribution in [3.8, 4) is 22.4 Å². The molecule has 0 radical (unpaired) electrons. The van der Waals surface area contributed by atoms with Gasteiger partial charge in [0.05, 0.1) is 17.9 Å². The molecule has 2 heterocycles. The molecule has 0 spiro atoms. The Kier molecular flexibility index (Phi) is 5.87. The van der Waals surface area contributed by atoms with Crippen molar-refractivity contribution in [2.45, 2.75) is 6.42 Å². The van der Waals surface area contributed by atoms with Crippen molar-refractivity contribution in [2.24, 2.45) is 5.73 Å². The number of pyridine rings is 1. The zero-order valence-corrected chi connectivity index (χ0v) is 15.0. The number of nitrogens with one attached hydrogen (secondary N) is 2. The van der Waals surface area contributed by atoms with Crippen molar-refractivity contribution in [1.82, 2.24) is 15.2 Å². The number of aromatic nitrogens is 3. The molecule has 0 atom stereocenters. The highest BCUT2D eigenvalue weighted by atomic mass is 35.5. The van der Waals surface area contributed by atoms with Crippen LogP contribution >= 0.6 is 11.6 Å². The first-order valence-electron chi connectivity index (χ1n) is 8.17. The zero-order chi connectivity index (χ0) is 19.2. The van der Waals surface area contributed by atoms with E-state index >= 15 is 0 Å². The van der Waals surface area contributed by atoms with E-state index in [0.29, 0.717) is 40.6 Å². The number of hydrogen-bond donors (Lipinski definition) is 3. The van der Waals surface area contributed by atoms with Crippen LogP contribution in [-0.2, 0) is 4.74 Å². The summed E-state index contributed by atoms with van der Waals surface area (Å²) in [7, 11) is 0. The molecular formula is C18H17ClFN5O2. The predicted molar refractivity (Wildman–Crippen MR) is 101 cm³/mol. The number of carbonyl (C=O) groups excluding carboxylic acids is 1. The smallest absolute Gasteiger partial charge is 0.404 e. The van der Waals surface area contributed by atoms with Gasteiger partial charge in [-0.1, -0.05) is 23.7 Å². The number of amides is 1. The number of benzene rings is 1. The molecule has 0 unspecified atom stereocenters. The van der Waals surface area contributed by atoms with E-state index in [4.69, 9.17) is 22.1 Å². The minimum absolute atomic E-state index is 0.190. The third kappa shape index (κ3) is 4.73. The Bertz CT molecular complexity index is 930. The van der Waals surface area contributed by atoms with Crippen LogP contribution in [0.5, 0.6) is 0 Å². The number of carbonyl (C=O) groups is 1. The van der Waals surface area contributed by atoms with Crippen LogP contribution in [0.3, 0.4) is 0 Å². The highest BCUT2D eigenvalue weighted by Crippen LogP contribution is 2.36. The van der Waals surface area contributed by atoms with Crippen LogP contribution in [0.1, 0.15) is 6.42 Å². The van der Waals surface area contributed by atoms with Crippen molar-refractivity contribution in [3.63, 3.8) is 0 Å². The van der Waals surface area contributed by atoms with Crippen LogP contribution in [-0.4, -0.2) is 34.4 Å². The van der Waals surface area contributed by atoms with Gasteiger partial charge in [0.25, 0.3) is 0 Å². The molecule has 0 bridgehead atoms. The third-order valence-corrected chi connectivity index (χ3v) is 4.02. The molecule has 3 rings (SSSR count). The second kappa shape index (κ2) is 8.50. The summed E-state index contributed by atoms with van der Waals surface area (Å²) in [5, 5.41) is 11.1. The number of primary amides is 1. The lowest BCUT2D eigenvalue weighted by molar-refractivity contribution is 0.156. The third-order valence-electron chi connectivity index (χ3n) is 3.77. The second-order valence-electron chi connectivity index (χ2n) is 5.64. The molecule has 1 amide bonds. The fraction of sp³-hybridized carbons (Fsp3) is 0.167. The van der Waals surface area contributed by atoms with E-state index in [0.717, 1.165) is 5.56 Å². The molecule has 4 N–H and O–H groups in total. The van der Waals surface area contributed by atoms with Gasteiger partial charge in [-0.3, -0.25) is 5.10 Å². The van der Waals surface area contributed by atoms with Gasteiger partial charge in [0.2, 0.25) is 5.95 Å². The number of aromatic amines is 1. The fourth-order valence-corrected chi connectivity index (χ4v) is 2.71. The average molecular weight is 390 g/mol. The molecule has 27 heavy (non-hydrogen) atoms. The standard InChI is InChI=1S/C18H17ClFN5O2/c19-13-4-2-11(3-5-13)16-15(12-6-8-22-14(20)10-12)17(25-24-16)23-7-1-9-27-18(21)26/h2-6,8,10H,1,7,9H2,(H2,21,26)(H2,23,24,25). The van der Waals surface area contributed by atoms with E-state index in [2.05, 4.69) is 20.5 Å². The minimum Gasteiger partial charge on any atom is -0.450 e. The summed E-state index contributed by atoms with van der Waals surface area (Å²) in [5.41, 5.74) is 7.82. The maximum absolute atomic E-state index is 13.7. The number of ether oxygens (including phenoxy) is 1. The highest BCUT2D eigenvalue weighted by molar-refractivity contribution is 6.30. The lowest BCUT2D eigenvalue weighted by Gasteiger charge is -2.09. The maximum atomic E-state index is 13.7. The van der Waals surface area contributed by atoms with Gasteiger partial charge in [-0.25, -0.2) is 9.78 Å². The predicted octanol–water partition coefficient (Wildman–Crippen LogP) is 3.83. The highest BCUT2D eigenvalue weighted by Gasteiger charge is 2.17. The van der Waals surface area contributed by atoms with Gasteiger partial charge in [-0.2, -0.15) is 9.49 Å². The Morgan fingerprint density at radius 2 is 2.04 bits per heavy atom. The first kappa shape index (κ1) is 18.7. The first-order valence-corrected chi connectivity index (χ1v) is 8.54. The summed E-state index contributed by atoms with van der Waals surface area (Å²) < 4.78 is 18.4. The number of halogens is 2. The van der Waals surface area contributed by atoms with Crippen LogP contribution in [0, 0.1) is 5.95 Å². The molecule has 3 aromatic rings. The van der Waals surface area contributed by atoms with Crippen molar-refractivity contribution >= 4 is 23.5 Å². The number of nitrogens with zero attached hydrogens (tertiary/aromatic N) is 2. The number of H-pyrrole nitrogens is 1. The monoisotopic (exact) mass is 389 g/mol. The quantitative estimate of drug-likeness (QED) is 0.420. The summed E-state index contributed by atoms with van der Waals surface area (Å²) in [6, 6.07) is 10.3. The van der Waals surface area contributed by atoms with Crippen molar-refractivity contribution in [2.75, 3.05) is 18.5 Å². The van der Waals surface area contributed by atoms with Crippen molar-refractivity contribution in [3.05, 3.63) is 53.6 Å². The SMILES string of the molecule is NC(=O)OCCCNc1n[nH]c(-c2ccc(Cl)cc2)c1-c1ccnc(F)c1. The van der Waals surface area contributed by atoms with Gasteiger partial charge < -0.3 is 15.8 Å². The van der Waals surface area contributed by atoms with E-state index in [9.17, 15) is 9.18 Å². The zero-order valence-electron chi connectivity index (χ0n) is 14.2. The first-order chi connectivity index (χ1) is 13.0. The molecule has 1 aromatic carbocycles.